The van der Waals surface area contributed by atoms with Gasteiger partial charge >= 0.3 is 0 Å². The van der Waals surface area contributed by atoms with Crippen LogP contribution >= 0.6 is 0 Å². The molecule has 2 aliphatic carbocycles. The van der Waals surface area contributed by atoms with Crippen LogP contribution in [0.3, 0.4) is 0 Å². The van der Waals surface area contributed by atoms with Gasteiger partial charge < -0.3 is 20.6 Å². The number of allylic oxidation sites excluding steroid dienone is 5. The van der Waals surface area contributed by atoms with Crippen LogP contribution in [-0.2, 0) is 18.4 Å². The van der Waals surface area contributed by atoms with Gasteiger partial charge in [0.05, 0.1) is 22.3 Å². The SMILES string of the molecule is C=C1/C=C\C=C/CC2(c3ccc(C4=Cc5c(c6ccccc6n5-c5ccccc5)CC4)cc3-c3c(C=N)cccc32)c2ccccc2N1c1ccccc1.Cc1ccccc1.NCc1ccccc1. The molecule has 0 bridgehead atoms. The van der Waals surface area contributed by atoms with Crippen molar-refractivity contribution in [1.82, 2.24) is 4.57 Å². The first-order chi connectivity index (χ1) is 34.0. The Morgan fingerprint density at radius 1 is 0.638 bits per heavy atom. The molecule has 1 aliphatic heterocycles. The number of nitrogens with zero attached hydrogens (tertiary/aromatic N) is 2. The van der Waals surface area contributed by atoms with Crippen molar-refractivity contribution in [2.45, 2.75) is 38.1 Å². The normalized spacial score (nSPS) is 16.3. The predicted octanol–water partition coefficient (Wildman–Crippen LogP) is 15.7. The van der Waals surface area contributed by atoms with Crippen LogP contribution < -0.4 is 10.6 Å². The van der Waals surface area contributed by atoms with Gasteiger partial charge in [-0.1, -0.05) is 194 Å². The van der Waals surface area contributed by atoms with E-state index in [-0.39, 0.29) is 0 Å². The quantitative estimate of drug-likeness (QED) is 0.169. The first-order valence-corrected chi connectivity index (χ1v) is 23.9. The van der Waals surface area contributed by atoms with E-state index >= 15 is 0 Å². The zero-order valence-corrected chi connectivity index (χ0v) is 39.1. The third-order valence-corrected chi connectivity index (χ3v) is 13.7. The van der Waals surface area contributed by atoms with Gasteiger partial charge in [-0.25, -0.2) is 0 Å². The van der Waals surface area contributed by atoms with Gasteiger partial charge in [0, 0.05) is 40.8 Å². The van der Waals surface area contributed by atoms with Crippen molar-refractivity contribution in [3.05, 3.63) is 293 Å². The number of hydrogen-bond acceptors (Lipinski definition) is 3. The molecule has 8 aromatic carbocycles. The zero-order chi connectivity index (χ0) is 47.2. The number of anilines is 2. The summed E-state index contributed by atoms with van der Waals surface area (Å²) in [6, 6.07) is 72.8. The Hall–Kier alpha value is -8.31. The molecule has 3 N–H and O–H groups in total. The van der Waals surface area contributed by atoms with Crippen molar-refractivity contribution < 1.29 is 0 Å². The van der Waals surface area contributed by atoms with Crippen LogP contribution in [-0.4, -0.2) is 10.8 Å². The maximum absolute atomic E-state index is 8.62. The Morgan fingerprint density at radius 3 is 1.99 bits per heavy atom. The highest BCUT2D eigenvalue weighted by atomic mass is 15.1. The topological polar surface area (TPSA) is 58.0 Å². The van der Waals surface area contributed by atoms with Gasteiger partial charge in [0.15, 0.2) is 0 Å². The van der Waals surface area contributed by atoms with Crippen LogP contribution in [0.5, 0.6) is 0 Å². The van der Waals surface area contributed by atoms with E-state index < -0.39 is 5.41 Å². The van der Waals surface area contributed by atoms with Crippen molar-refractivity contribution in [1.29, 1.82) is 5.41 Å². The first-order valence-electron chi connectivity index (χ1n) is 23.9. The van der Waals surface area contributed by atoms with E-state index in [2.05, 4.69) is 211 Å². The molecule has 336 valence electrons. The van der Waals surface area contributed by atoms with Crippen molar-refractivity contribution in [2.24, 2.45) is 5.73 Å². The van der Waals surface area contributed by atoms with Crippen LogP contribution in [0.2, 0.25) is 0 Å². The van der Waals surface area contributed by atoms with E-state index in [1.807, 2.05) is 48.5 Å². The van der Waals surface area contributed by atoms with Gasteiger partial charge in [0.2, 0.25) is 0 Å². The van der Waals surface area contributed by atoms with Crippen LogP contribution in [0.1, 0.15) is 63.0 Å². The second-order valence-corrected chi connectivity index (χ2v) is 17.8. The summed E-state index contributed by atoms with van der Waals surface area (Å²) in [4.78, 5) is 2.29. The minimum atomic E-state index is -0.498. The summed E-state index contributed by atoms with van der Waals surface area (Å²) in [6.45, 7) is 7.29. The molecule has 0 saturated carbocycles. The summed E-state index contributed by atoms with van der Waals surface area (Å²) in [7, 11) is 0. The Morgan fingerprint density at radius 2 is 1.29 bits per heavy atom. The van der Waals surface area contributed by atoms with E-state index in [1.165, 1.54) is 78.6 Å². The number of fused-ring (bicyclic) bond motifs is 10. The van der Waals surface area contributed by atoms with Crippen LogP contribution in [0.15, 0.2) is 243 Å². The number of para-hydroxylation sites is 4. The lowest BCUT2D eigenvalue weighted by Crippen LogP contribution is -2.30. The molecule has 0 radical (unpaired) electrons. The van der Waals surface area contributed by atoms with Crippen molar-refractivity contribution >= 4 is 40.1 Å². The minimum absolute atomic E-state index is 0.498. The number of nitrogens with two attached hydrogens (primary N) is 1. The molecule has 3 aliphatic rings. The second kappa shape index (κ2) is 19.9. The van der Waals surface area contributed by atoms with E-state index in [0.29, 0.717) is 6.54 Å². The maximum atomic E-state index is 8.62. The Bertz CT molecular complexity index is 3380. The van der Waals surface area contributed by atoms with E-state index in [9.17, 15) is 0 Å². The molecule has 1 spiro atoms. The molecule has 1 atom stereocenters. The molecular weight excluding hydrogens is 837 g/mol. The standard InChI is InChI=1S/C51H39N3.C7H9N.C7H8/c1-35-16-5-4-14-31-51(45-23-11-13-26-48(45)53(35)39-18-6-2-7-19-39)44-30-28-36(32-43(44)50-38(34-52)17-15-24-46(50)51)37-27-29-42-41-22-10-12-25-47(41)54(49(42)33-37)40-20-8-3-9-21-40;8-6-7-4-2-1-3-5-7;1-7-5-3-2-4-6-7/h2-26,28,30,32-34,52H,1,27,29,31H2;1-5H,6,8H2;2-6H,1H3/b14-4-,16-5-,52-34?;;. The Labute approximate surface area is 406 Å². The Balaban J connectivity index is 0.000000315. The molecule has 0 saturated heterocycles. The number of nitrogens with one attached hydrogen (secondary N) is 1. The average Bonchev–Trinajstić information content (AvgIpc) is 3.89. The number of benzene rings is 8. The van der Waals surface area contributed by atoms with Gasteiger partial charge in [-0.15, -0.1) is 0 Å². The first kappa shape index (κ1) is 44.5. The zero-order valence-electron chi connectivity index (χ0n) is 39.1. The van der Waals surface area contributed by atoms with Crippen LogP contribution in [0.25, 0.3) is 39.4 Å². The van der Waals surface area contributed by atoms with E-state index in [0.717, 1.165) is 47.5 Å². The van der Waals surface area contributed by atoms with Crippen molar-refractivity contribution in [3.8, 4) is 16.8 Å². The van der Waals surface area contributed by atoms with Crippen molar-refractivity contribution in [3.63, 3.8) is 0 Å². The number of rotatable bonds is 5. The van der Waals surface area contributed by atoms with Gasteiger partial charge in [-0.2, -0.15) is 0 Å². The van der Waals surface area contributed by atoms with Crippen LogP contribution in [0.4, 0.5) is 11.4 Å². The fourth-order valence-electron chi connectivity index (χ4n) is 10.5. The third-order valence-electron chi connectivity index (χ3n) is 13.7. The second-order valence-electron chi connectivity index (χ2n) is 17.8. The van der Waals surface area contributed by atoms with Gasteiger partial charge in [0.1, 0.15) is 0 Å². The molecule has 0 fully saturated rings. The summed E-state index contributed by atoms with van der Waals surface area (Å²) < 4.78 is 2.43. The lowest BCUT2D eigenvalue weighted by Gasteiger charge is -2.38. The fourth-order valence-corrected chi connectivity index (χ4v) is 10.5. The molecule has 1 unspecified atom stereocenters. The van der Waals surface area contributed by atoms with Gasteiger partial charge in [-0.05, 0) is 131 Å². The summed E-state index contributed by atoms with van der Waals surface area (Å²) >= 11 is 0. The Kier molecular flexibility index (Phi) is 12.8. The molecule has 69 heavy (non-hydrogen) atoms. The van der Waals surface area contributed by atoms with E-state index in [1.54, 1.807) is 0 Å². The lowest BCUT2D eigenvalue weighted by molar-refractivity contribution is 0.644. The predicted molar refractivity (Wildman–Crippen MR) is 292 cm³/mol. The number of aromatic nitrogens is 1. The largest absolute Gasteiger partial charge is 0.326 e. The third kappa shape index (κ3) is 8.52. The molecule has 9 aromatic rings. The average molecular weight is 893 g/mol. The maximum Gasteiger partial charge on any atom is 0.0537 e. The highest BCUT2D eigenvalue weighted by molar-refractivity contribution is 6.00. The van der Waals surface area contributed by atoms with Gasteiger partial charge in [-0.3, -0.25) is 0 Å². The molecule has 4 nitrogen and oxygen atoms in total. The highest BCUT2D eigenvalue weighted by Crippen LogP contribution is 2.58. The molecule has 0 amide bonds. The molecule has 4 heteroatoms. The monoisotopic (exact) mass is 892 g/mol. The highest BCUT2D eigenvalue weighted by Gasteiger charge is 2.46. The summed E-state index contributed by atoms with van der Waals surface area (Å²) in [5.41, 5.74) is 25.1. The van der Waals surface area contributed by atoms with E-state index in [4.69, 9.17) is 11.1 Å². The molecule has 1 aromatic heterocycles. The summed E-state index contributed by atoms with van der Waals surface area (Å²) in [5.74, 6) is 0. The minimum Gasteiger partial charge on any atom is -0.326 e. The van der Waals surface area contributed by atoms with Crippen LogP contribution in [0, 0.1) is 12.3 Å². The number of aryl methyl sites for hydroxylation is 2. The summed E-state index contributed by atoms with van der Waals surface area (Å²) in [6.07, 6.45) is 15.3. The molecule has 12 rings (SSSR count). The number of hydrogen-bond donors (Lipinski definition) is 2. The molecular formula is C65H56N4. The fraction of sp³-hybridized carbons (Fsp3) is 0.0923. The van der Waals surface area contributed by atoms with Crippen molar-refractivity contribution in [2.75, 3.05) is 4.90 Å². The van der Waals surface area contributed by atoms with Gasteiger partial charge in [0.25, 0.3) is 0 Å². The smallest absolute Gasteiger partial charge is 0.0537 e. The molecule has 2 heterocycles. The summed E-state index contributed by atoms with van der Waals surface area (Å²) in [5, 5.41) is 9.95. The lowest BCUT2D eigenvalue weighted by atomic mass is 9.69.